The van der Waals surface area contributed by atoms with Crippen LogP contribution in [0.4, 0.5) is 11.4 Å². The van der Waals surface area contributed by atoms with Crippen LogP contribution in [0.1, 0.15) is 35.3 Å². The molecule has 2 aromatic carbocycles. The number of amides is 2. The molecule has 1 atom stereocenters. The van der Waals surface area contributed by atoms with E-state index in [2.05, 4.69) is 10.6 Å². The first-order chi connectivity index (χ1) is 13.1. The Kier molecular flexibility index (Phi) is 6.75. The van der Waals surface area contributed by atoms with E-state index in [-0.39, 0.29) is 28.1 Å². The molecule has 2 N–H and O–H groups in total. The van der Waals surface area contributed by atoms with E-state index in [0.29, 0.717) is 5.69 Å². The summed E-state index contributed by atoms with van der Waals surface area (Å²) in [4.78, 5) is 35.6. The Labute approximate surface area is 168 Å². The summed E-state index contributed by atoms with van der Waals surface area (Å²) in [6, 6.07) is 8.50. The van der Waals surface area contributed by atoms with Crippen LogP contribution in [0.5, 0.6) is 0 Å². The lowest BCUT2D eigenvalue weighted by atomic mass is 10.0. The first kappa shape index (κ1) is 21.4. The molecule has 2 rings (SSSR count). The summed E-state index contributed by atoms with van der Waals surface area (Å²) < 4.78 is 0. The summed E-state index contributed by atoms with van der Waals surface area (Å²) in [7, 11) is 0. The average Bonchev–Trinajstić information content (AvgIpc) is 2.62. The molecule has 148 valence electrons. The number of nitrogens with one attached hydrogen (secondary N) is 2. The van der Waals surface area contributed by atoms with E-state index in [1.54, 1.807) is 19.9 Å². The lowest BCUT2D eigenvalue weighted by Gasteiger charge is -2.22. The number of hydrogen-bond donors (Lipinski definition) is 2. The Morgan fingerprint density at radius 3 is 2.32 bits per heavy atom. The molecule has 0 radical (unpaired) electrons. The minimum absolute atomic E-state index is 0.0562. The van der Waals surface area contributed by atoms with Crippen LogP contribution < -0.4 is 10.6 Å². The van der Waals surface area contributed by atoms with Gasteiger partial charge < -0.3 is 10.6 Å². The quantitative estimate of drug-likeness (QED) is 0.555. The normalized spacial score (nSPS) is 11.8. The van der Waals surface area contributed by atoms with Crippen LogP contribution in [0, 0.1) is 29.9 Å². The third-order valence-corrected chi connectivity index (χ3v) is 4.73. The molecular formula is C20H22ClN3O4. The van der Waals surface area contributed by atoms with E-state index < -0.39 is 16.9 Å². The van der Waals surface area contributed by atoms with Gasteiger partial charge in [0.15, 0.2) is 0 Å². The van der Waals surface area contributed by atoms with Gasteiger partial charge in [-0.15, -0.1) is 0 Å². The number of halogens is 1. The van der Waals surface area contributed by atoms with Gasteiger partial charge in [-0.25, -0.2) is 0 Å². The zero-order valence-electron chi connectivity index (χ0n) is 16.1. The van der Waals surface area contributed by atoms with E-state index in [9.17, 15) is 19.7 Å². The number of benzene rings is 2. The van der Waals surface area contributed by atoms with E-state index >= 15 is 0 Å². The Morgan fingerprint density at radius 2 is 1.75 bits per heavy atom. The van der Waals surface area contributed by atoms with Crippen molar-refractivity contribution in [2.45, 2.75) is 33.7 Å². The highest BCUT2D eigenvalue weighted by atomic mass is 35.5. The van der Waals surface area contributed by atoms with Crippen LogP contribution in [-0.2, 0) is 4.79 Å². The number of nitro benzene ring substituents is 1. The summed E-state index contributed by atoms with van der Waals surface area (Å²) in [5.74, 6) is -1.15. The van der Waals surface area contributed by atoms with Gasteiger partial charge in [0.1, 0.15) is 11.1 Å². The number of hydrogen-bond acceptors (Lipinski definition) is 4. The van der Waals surface area contributed by atoms with Gasteiger partial charge in [0.25, 0.3) is 11.6 Å². The summed E-state index contributed by atoms with van der Waals surface area (Å²) in [5, 5.41) is 16.4. The smallest absolute Gasteiger partial charge is 0.288 e. The van der Waals surface area contributed by atoms with Crippen LogP contribution in [-0.4, -0.2) is 22.8 Å². The van der Waals surface area contributed by atoms with Crippen LogP contribution in [0.2, 0.25) is 5.02 Å². The monoisotopic (exact) mass is 403 g/mol. The predicted octanol–water partition coefficient (Wildman–Crippen LogP) is 4.26. The Morgan fingerprint density at radius 1 is 1.07 bits per heavy atom. The van der Waals surface area contributed by atoms with Gasteiger partial charge in [0, 0.05) is 17.3 Å². The van der Waals surface area contributed by atoms with Crippen molar-refractivity contribution in [1.82, 2.24) is 5.32 Å². The highest BCUT2D eigenvalue weighted by Crippen LogP contribution is 2.25. The molecule has 0 fully saturated rings. The number of nitro groups is 1. The number of aryl methyl sites for hydroxylation is 2. The molecule has 0 aromatic heterocycles. The summed E-state index contributed by atoms with van der Waals surface area (Å²) in [6.45, 7) is 7.52. The standard InChI is InChI=1S/C20H22ClN3O4/c1-11(2)18(20(26)22-15-7-5-12(3)13(4)9-15)23-19(25)14-6-8-16(21)17(10-14)24(27)28/h5-11,18H,1-4H3,(H,22,26)(H,23,25). The van der Waals surface area contributed by atoms with Gasteiger partial charge in [-0.1, -0.05) is 31.5 Å². The molecule has 7 nitrogen and oxygen atoms in total. The maximum absolute atomic E-state index is 12.7. The SMILES string of the molecule is Cc1ccc(NC(=O)C(NC(=O)c2ccc(Cl)c([N+](=O)[O-])c2)C(C)C)cc1C. The maximum atomic E-state index is 12.7. The number of rotatable bonds is 6. The van der Waals surface area contributed by atoms with E-state index in [0.717, 1.165) is 17.2 Å². The summed E-state index contributed by atoms with van der Waals surface area (Å²) in [5.41, 5.74) is 2.47. The Balaban J connectivity index is 2.18. The fourth-order valence-electron chi connectivity index (χ4n) is 2.59. The van der Waals surface area contributed by atoms with E-state index in [4.69, 9.17) is 11.6 Å². The minimum Gasteiger partial charge on any atom is -0.340 e. The molecule has 0 spiro atoms. The van der Waals surface area contributed by atoms with Crippen molar-refractivity contribution in [3.05, 3.63) is 68.2 Å². The number of carbonyl (C=O) groups is 2. The molecule has 1 unspecified atom stereocenters. The zero-order valence-corrected chi connectivity index (χ0v) is 16.8. The number of carbonyl (C=O) groups excluding carboxylic acids is 2. The molecule has 0 heterocycles. The molecule has 2 aromatic rings. The molecule has 0 bridgehead atoms. The van der Waals surface area contributed by atoms with Crippen molar-refractivity contribution >= 4 is 34.8 Å². The largest absolute Gasteiger partial charge is 0.340 e. The third kappa shape index (κ3) is 5.07. The van der Waals surface area contributed by atoms with Crippen molar-refractivity contribution in [1.29, 1.82) is 0 Å². The van der Waals surface area contributed by atoms with Crippen LogP contribution in [0.25, 0.3) is 0 Å². The van der Waals surface area contributed by atoms with E-state index in [1.165, 1.54) is 12.1 Å². The Hall–Kier alpha value is -2.93. The Bertz CT molecular complexity index is 928. The van der Waals surface area contributed by atoms with Crippen LogP contribution >= 0.6 is 11.6 Å². The highest BCUT2D eigenvalue weighted by molar-refractivity contribution is 6.32. The molecular weight excluding hydrogens is 382 g/mol. The summed E-state index contributed by atoms with van der Waals surface area (Å²) in [6.07, 6.45) is 0. The first-order valence-electron chi connectivity index (χ1n) is 8.73. The van der Waals surface area contributed by atoms with Crippen molar-refractivity contribution < 1.29 is 14.5 Å². The lowest BCUT2D eigenvalue weighted by molar-refractivity contribution is -0.384. The molecule has 0 aliphatic rings. The molecule has 0 aliphatic heterocycles. The van der Waals surface area contributed by atoms with Gasteiger partial charge in [0.05, 0.1) is 4.92 Å². The maximum Gasteiger partial charge on any atom is 0.288 e. The van der Waals surface area contributed by atoms with Gasteiger partial charge in [-0.05, 0) is 55.2 Å². The molecule has 8 heteroatoms. The summed E-state index contributed by atoms with van der Waals surface area (Å²) >= 11 is 5.78. The second-order valence-electron chi connectivity index (χ2n) is 6.91. The van der Waals surface area contributed by atoms with Crippen LogP contribution in [0.3, 0.4) is 0 Å². The second kappa shape index (κ2) is 8.84. The molecule has 0 saturated carbocycles. The van der Waals surface area contributed by atoms with Gasteiger partial charge in [-0.2, -0.15) is 0 Å². The molecule has 2 amide bonds. The second-order valence-corrected chi connectivity index (χ2v) is 7.31. The molecule has 0 aliphatic carbocycles. The third-order valence-electron chi connectivity index (χ3n) is 4.42. The number of nitrogens with zero attached hydrogens (tertiary/aromatic N) is 1. The van der Waals surface area contributed by atoms with Crippen LogP contribution in [0.15, 0.2) is 36.4 Å². The van der Waals surface area contributed by atoms with Gasteiger partial charge in [-0.3, -0.25) is 19.7 Å². The average molecular weight is 404 g/mol. The predicted molar refractivity (Wildman–Crippen MR) is 109 cm³/mol. The number of anilines is 1. The minimum atomic E-state index is -0.816. The zero-order chi connectivity index (χ0) is 21.0. The lowest BCUT2D eigenvalue weighted by Crippen LogP contribution is -2.47. The fourth-order valence-corrected chi connectivity index (χ4v) is 2.78. The van der Waals surface area contributed by atoms with E-state index in [1.807, 2.05) is 26.0 Å². The molecule has 28 heavy (non-hydrogen) atoms. The highest BCUT2D eigenvalue weighted by Gasteiger charge is 2.26. The van der Waals surface area contributed by atoms with Gasteiger partial charge >= 0.3 is 0 Å². The van der Waals surface area contributed by atoms with Crippen molar-refractivity contribution in [3.8, 4) is 0 Å². The topological polar surface area (TPSA) is 101 Å². The fraction of sp³-hybridized carbons (Fsp3) is 0.300. The van der Waals surface area contributed by atoms with Crippen molar-refractivity contribution in [3.63, 3.8) is 0 Å². The van der Waals surface area contributed by atoms with Crippen molar-refractivity contribution in [2.75, 3.05) is 5.32 Å². The molecule has 0 saturated heterocycles. The van der Waals surface area contributed by atoms with Gasteiger partial charge in [0.2, 0.25) is 5.91 Å². The van der Waals surface area contributed by atoms with Crippen molar-refractivity contribution in [2.24, 2.45) is 5.92 Å². The first-order valence-corrected chi connectivity index (χ1v) is 9.11.